The summed E-state index contributed by atoms with van der Waals surface area (Å²) >= 11 is 0.250. The summed E-state index contributed by atoms with van der Waals surface area (Å²) < 4.78 is 99.4. The van der Waals surface area contributed by atoms with Crippen LogP contribution in [0.15, 0.2) is 219 Å². The number of alkyl halides is 6. The Morgan fingerprint density at radius 2 is 0.577 bits per heavy atom. The molecular weight excluding hydrogens is 1040 g/mol. The third-order valence-electron chi connectivity index (χ3n) is 13.5. The van der Waals surface area contributed by atoms with Crippen molar-refractivity contribution in [2.45, 2.75) is 53.3 Å². The van der Waals surface area contributed by atoms with Gasteiger partial charge in [-0.2, -0.15) is 19.2 Å². The Morgan fingerprint density at radius 1 is 0.385 bits per heavy atom. The SMILES string of the molecule is CSF.O=C(Nc1ccn(-c2ccccc2)n1)C1(c2ccccc2)CC1(F)F.O=C(Nc1ccn(-c2ccccc2)n1)[C@@]1(c2ccccc2)CC1(F)F.O=C(Nc1ccn(-c2ccccc2)n1)[C@]1(c2ccccc2)CC1(F)F. The van der Waals surface area contributed by atoms with Crippen molar-refractivity contribution in [2.75, 3.05) is 22.2 Å². The lowest BCUT2D eigenvalue weighted by Crippen LogP contribution is -2.33. The topological polar surface area (TPSA) is 141 Å². The number of carbonyl (C=O) groups excluding carboxylic acids is 3. The molecule has 3 amide bonds. The van der Waals surface area contributed by atoms with Crippen molar-refractivity contribution in [1.29, 1.82) is 0 Å². The largest absolute Gasteiger partial charge is 0.308 e. The molecule has 0 radical (unpaired) electrons. The van der Waals surface area contributed by atoms with Crippen LogP contribution in [0.3, 0.4) is 0 Å². The Balaban J connectivity index is 0.000000139. The highest BCUT2D eigenvalue weighted by Crippen LogP contribution is 2.64. The van der Waals surface area contributed by atoms with E-state index in [9.17, 15) is 44.6 Å². The second kappa shape index (κ2) is 22.1. The van der Waals surface area contributed by atoms with Gasteiger partial charge in [0, 0.05) is 74.5 Å². The van der Waals surface area contributed by atoms with Gasteiger partial charge in [0.1, 0.15) is 16.2 Å². The van der Waals surface area contributed by atoms with E-state index >= 15 is 0 Å². The molecule has 12 nitrogen and oxygen atoms in total. The third kappa shape index (κ3) is 10.8. The molecule has 3 atom stereocenters. The minimum atomic E-state index is -3.06. The van der Waals surface area contributed by atoms with Gasteiger partial charge in [0.15, 0.2) is 17.5 Å². The van der Waals surface area contributed by atoms with Crippen molar-refractivity contribution < 1.29 is 44.6 Å². The first-order chi connectivity index (χ1) is 37.5. The quantitative estimate of drug-likeness (QED) is 0.103. The van der Waals surface area contributed by atoms with Crippen molar-refractivity contribution in [3.63, 3.8) is 0 Å². The van der Waals surface area contributed by atoms with Crippen molar-refractivity contribution in [2.24, 2.45) is 0 Å². The van der Waals surface area contributed by atoms with E-state index in [1.54, 1.807) is 142 Å². The van der Waals surface area contributed by atoms with Crippen LogP contribution < -0.4 is 16.0 Å². The van der Waals surface area contributed by atoms with Gasteiger partial charge in [-0.25, -0.2) is 40.4 Å². The molecule has 3 aromatic heterocycles. The molecule has 0 spiro atoms. The van der Waals surface area contributed by atoms with Gasteiger partial charge >= 0.3 is 0 Å². The molecule has 3 aliphatic rings. The number of hydrogen-bond acceptors (Lipinski definition) is 7. The number of carbonyl (C=O) groups is 3. The second-order valence-electron chi connectivity index (χ2n) is 18.4. The first-order valence-corrected chi connectivity index (χ1v) is 25.4. The molecular formula is C58H48F7N9O3S. The monoisotopic (exact) mass is 1080 g/mol. The van der Waals surface area contributed by atoms with Crippen LogP contribution in [0.5, 0.6) is 0 Å². The second-order valence-corrected chi connectivity index (χ2v) is 18.7. The number of nitrogens with one attached hydrogen (secondary N) is 3. The molecule has 0 saturated heterocycles. The number of halogens is 7. The van der Waals surface area contributed by atoms with Crippen molar-refractivity contribution in [1.82, 2.24) is 29.3 Å². The summed E-state index contributed by atoms with van der Waals surface area (Å²) in [5.74, 6) is -10.6. The van der Waals surface area contributed by atoms with Crippen LogP contribution in [0.25, 0.3) is 17.1 Å². The molecule has 9 aromatic rings. The normalized spacial score (nSPS) is 20.3. The number of aromatic nitrogens is 6. The van der Waals surface area contributed by atoms with E-state index in [0.717, 1.165) is 17.1 Å². The van der Waals surface area contributed by atoms with Crippen LogP contribution in [-0.4, -0.2) is 71.1 Å². The molecule has 3 fully saturated rings. The van der Waals surface area contributed by atoms with Gasteiger partial charge in [-0.15, -0.1) is 0 Å². The number of para-hydroxylation sites is 3. The summed E-state index contributed by atoms with van der Waals surface area (Å²) in [6, 6.07) is 57.3. The van der Waals surface area contributed by atoms with Gasteiger partial charge in [-0.3, -0.25) is 14.4 Å². The smallest absolute Gasteiger partial charge is 0.268 e. The van der Waals surface area contributed by atoms with Gasteiger partial charge < -0.3 is 16.0 Å². The van der Waals surface area contributed by atoms with Crippen LogP contribution in [0.2, 0.25) is 0 Å². The fourth-order valence-electron chi connectivity index (χ4n) is 9.12. The minimum Gasteiger partial charge on any atom is -0.308 e. The Labute approximate surface area is 447 Å². The highest BCUT2D eigenvalue weighted by atomic mass is 32.2. The Hall–Kier alpha value is -8.78. The lowest BCUT2D eigenvalue weighted by atomic mass is 9.94. The minimum absolute atomic E-state index is 0.242. The van der Waals surface area contributed by atoms with Crippen LogP contribution in [0.4, 0.5) is 47.7 Å². The number of benzene rings is 6. The summed E-state index contributed by atoms with van der Waals surface area (Å²) in [5.41, 5.74) is -2.03. The first kappa shape index (κ1) is 54.0. The van der Waals surface area contributed by atoms with E-state index in [1.165, 1.54) is 6.26 Å². The summed E-state index contributed by atoms with van der Waals surface area (Å²) in [6.45, 7) is 0. The number of hydrogen-bond donors (Lipinski definition) is 3. The molecule has 3 heterocycles. The average Bonchev–Trinajstić information content (AvgIpc) is 3.99. The van der Waals surface area contributed by atoms with E-state index in [-0.39, 0.29) is 29.6 Å². The zero-order chi connectivity index (χ0) is 55.2. The standard InChI is InChI=1S/3C19H15F2N3O.CH3FS/c3*20-19(21)13-18(19,14-7-3-1-4-8-14)17(25)22-16-11-12-24(23-16)15-9-5-2-6-10-15;1-3-2/h3*1-12H,13H2,(H,22,23,25);1H3/t2*18-;;/m10../s1. The Morgan fingerprint density at radius 3 is 0.769 bits per heavy atom. The molecule has 78 heavy (non-hydrogen) atoms. The lowest BCUT2D eigenvalue weighted by molar-refractivity contribution is -0.122. The highest BCUT2D eigenvalue weighted by Gasteiger charge is 2.78. The molecule has 12 rings (SSSR count). The third-order valence-corrected chi connectivity index (χ3v) is 13.5. The van der Waals surface area contributed by atoms with Crippen LogP contribution in [-0.2, 0) is 30.6 Å². The van der Waals surface area contributed by atoms with E-state index in [0.29, 0.717) is 16.7 Å². The summed E-state index contributed by atoms with van der Waals surface area (Å²) in [4.78, 5) is 37.9. The fraction of sp³-hybridized carbons (Fsp3) is 0.172. The number of rotatable bonds is 12. The molecule has 1 unspecified atom stereocenters. The molecule has 0 aliphatic heterocycles. The summed E-state index contributed by atoms with van der Waals surface area (Å²) in [6.07, 6.45) is 4.92. The van der Waals surface area contributed by atoms with E-state index in [2.05, 4.69) is 31.2 Å². The predicted molar refractivity (Wildman–Crippen MR) is 284 cm³/mol. The fourth-order valence-corrected chi connectivity index (χ4v) is 9.12. The molecule has 3 aliphatic carbocycles. The summed E-state index contributed by atoms with van der Waals surface area (Å²) in [5, 5.41) is 20.3. The van der Waals surface area contributed by atoms with Crippen LogP contribution >= 0.6 is 12.1 Å². The maximum atomic E-state index is 14.1. The number of nitrogens with zero attached hydrogens (tertiary/aromatic N) is 6. The van der Waals surface area contributed by atoms with Crippen LogP contribution in [0.1, 0.15) is 36.0 Å². The van der Waals surface area contributed by atoms with E-state index in [1.807, 2.05) is 91.0 Å². The van der Waals surface area contributed by atoms with Gasteiger partial charge in [0.05, 0.1) is 17.1 Å². The van der Waals surface area contributed by atoms with Gasteiger partial charge in [0.2, 0.25) is 17.7 Å². The van der Waals surface area contributed by atoms with Gasteiger partial charge in [0.25, 0.3) is 17.8 Å². The molecule has 3 saturated carbocycles. The Bertz CT molecular complexity index is 3120. The van der Waals surface area contributed by atoms with Crippen molar-refractivity contribution in [3.8, 4) is 17.1 Å². The van der Waals surface area contributed by atoms with Crippen molar-refractivity contribution >= 4 is 47.3 Å². The number of amides is 3. The molecule has 0 bridgehead atoms. The van der Waals surface area contributed by atoms with Crippen LogP contribution in [0, 0.1) is 0 Å². The Kier molecular flexibility index (Phi) is 15.3. The van der Waals surface area contributed by atoms with E-state index < -0.39 is 71.0 Å². The molecule has 3 N–H and O–H groups in total. The predicted octanol–water partition coefficient (Wildman–Crippen LogP) is 12.6. The maximum absolute atomic E-state index is 14.1. The molecule has 398 valence electrons. The average molecular weight is 1080 g/mol. The lowest BCUT2D eigenvalue weighted by Gasteiger charge is -2.15. The van der Waals surface area contributed by atoms with Crippen molar-refractivity contribution in [3.05, 3.63) is 235 Å². The zero-order valence-corrected chi connectivity index (χ0v) is 42.2. The van der Waals surface area contributed by atoms with Gasteiger partial charge in [-0.1, -0.05) is 146 Å². The summed E-state index contributed by atoms with van der Waals surface area (Å²) in [7, 11) is 0. The first-order valence-electron chi connectivity index (χ1n) is 24.2. The highest BCUT2D eigenvalue weighted by molar-refractivity contribution is 7.93. The van der Waals surface area contributed by atoms with E-state index in [4.69, 9.17) is 0 Å². The molecule has 20 heteroatoms. The number of anilines is 3. The van der Waals surface area contributed by atoms with Gasteiger partial charge in [-0.05, 0) is 53.1 Å². The zero-order valence-electron chi connectivity index (χ0n) is 41.4. The maximum Gasteiger partial charge on any atom is 0.268 e. The molecule has 6 aromatic carbocycles.